The highest BCUT2D eigenvalue weighted by Gasteiger charge is 2.17. The minimum Gasteiger partial charge on any atom is -0.497 e. The molecule has 0 aliphatic carbocycles. The molecule has 5 nitrogen and oxygen atoms in total. The number of anilines is 1. The lowest BCUT2D eigenvalue weighted by atomic mass is 10.2. The van der Waals surface area contributed by atoms with Crippen LogP contribution >= 0.6 is 0 Å². The van der Waals surface area contributed by atoms with Gasteiger partial charge in [0.05, 0.1) is 17.6 Å². The Morgan fingerprint density at radius 3 is 2.19 bits per heavy atom. The highest BCUT2D eigenvalue weighted by atomic mass is 32.2. The van der Waals surface area contributed by atoms with Crippen LogP contribution in [0.4, 0.5) is 10.1 Å². The van der Waals surface area contributed by atoms with Gasteiger partial charge in [-0.05, 0) is 48.5 Å². The first-order valence-electron chi connectivity index (χ1n) is 8.05. The number of rotatable bonds is 5. The molecule has 0 unspecified atom stereocenters. The standard InChI is InChI=1S/C20H17FN2O3S/c1-26-16-13-11-15(12-14-16)22-20(18-9-5-6-10-19(18)21)23-27(24,25)17-7-3-2-4-8-17/h2-14H,1H3,(H,22,23). The van der Waals surface area contributed by atoms with Crippen molar-refractivity contribution in [2.75, 3.05) is 12.4 Å². The summed E-state index contributed by atoms with van der Waals surface area (Å²) in [6.07, 6.45) is 0. The number of sulfonamides is 1. The number of nitrogens with one attached hydrogen (secondary N) is 1. The summed E-state index contributed by atoms with van der Waals surface area (Å²) in [5.74, 6) is -0.0514. The van der Waals surface area contributed by atoms with E-state index in [0.29, 0.717) is 11.4 Å². The van der Waals surface area contributed by atoms with Gasteiger partial charge in [-0.2, -0.15) is 8.42 Å². The van der Waals surface area contributed by atoms with Crippen molar-refractivity contribution >= 4 is 21.5 Å². The van der Waals surface area contributed by atoms with Crippen molar-refractivity contribution < 1.29 is 17.5 Å². The third kappa shape index (κ3) is 4.51. The first-order chi connectivity index (χ1) is 13.0. The van der Waals surface area contributed by atoms with Crippen LogP contribution in [-0.2, 0) is 10.0 Å². The van der Waals surface area contributed by atoms with E-state index in [4.69, 9.17) is 4.74 Å². The minimum absolute atomic E-state index is 0.0235. The molecule has 0 radical (unpaired) electrons. The molecule has 3 aromatic rings. The van der Waals surface area contributed by atoms with E-state index in [-0.39, 0.29) is 16.3 Å². The van der Waals surface area contributed by atoms with Gasteiger partial charge in [0.1, 0.15) is 11.6 Å². The molecule has 1 N–H and O–H groups in total. The van der Waals surface area contributed by atoms with Crippen LogP contribution in [0.3, 0.4) is 0 Å². The Kier molecular flexibility index (Phi) is 5.52. The molecule has 0 fully saturated rings. The van der Waals surface area contributed by atoms with E-state index >= 15 is 0 Å². The Labute approximate surface area is 157 Å². The van der Waals surface area contributed by atoms with E-state index in [0.717, 1.165) is 0 Å². The summed E-state index contributed by atoms with van der Waals surface area (Å²) in [6.45, 7) is 0. The van der Waals surface area contributed by atoms with Crippen molar-refractivity contribution in [3.05, 3.63) is 90.2 Å². The van der Waals surface area contributed by atoms with Crippen molar-refractivity contribution in [1.82, 2.24) is 0 Å². The monoisotopic (exact) mass is 384 g/mol. The number of methoxy groups -OCH3 is 1. The minimum atomic E-state index is -4.02. The fourth-order valence-electron chi connectivity index (χ4n) is 2.37. The molecule has 0 saturated carbocycles. The Morgan fingerprint density at radius 2 is 1.56 bits per heavy atom. The molecule has 0 spiro atoms. The maximum atomic E-state index is 14.3. The maximum Gasteiger partial charge on any atom is 0.284 e. The zero-order valence-corrected chi connectivity index (χ0v) is 15.3. The topological polar surface area (TPSA) is 67.8 Å². The van der Waals surface area contributed by atoms with Gasteiger partial charge in [-0.25, -0.2) is 4.39 Å². The lowest BCUT2D eigenvalue weighted by Gasteiger charge is -2.12. The van der Waals surface area contributed by atoms with Gasteiger partial charge < -0.3 is 10.1 Å². The SMILES string of the molecule is COc1ccc(N/C(=N\S(=O)(=O)c2ccccc2)c2ccccc2F)cc1. The van der Waals surface area contributed by atoms with Crippen LogP contribution in [0.2, 0.25) is 0 Å². The smallest absolute Gasteiger partial charge is 0.284 e. The summed E-state index contributed by atoms with van der Waals surface area (Å²) in [4.78, 5) is 0.0235. The molecule has 0 amide bonds. The van der Waals surface area contributed by atoms with Gasteiger partial charge in [0.15, 0.2) is 5.84 Å². The summed E-state index contributed by atoms with van der Waals surface area (Å²) < 4.78 is 48.6. The highest BCUT2D eigenvalue weighted by molar-refractivity contribution is 7.90. The van der Waals surface area contributed by atoms with E-state index < -0.39 is 15.8 Å². The molecule has 0 aromatic heterocycles. The number of hydrogen-bond donors (Lipinski definition) is 1. The maximum absolute atomic E-state index is 14.3. The second-order valence-electron chi connectivity index (χ2n) is 5.56. The third-order valence-corrected chi connectivity index (χ3v) is 5.03. The lowest BCUT2D eigenvalue weighted by molar-refractivity contribution is 0.415. The largest absolute Gasteiger partial charge is 0.497 e. The van der Waals surface area contributed by atoms with Gasteiger partial charge in [-0.15, -0.1) is 4.40 Å². The molecule has 3 rings (SSSR count). The molecule has 0 aliphatic rings. The number of hydrogen-bond acceptors (Lipinski definition) is 3. The summed E-state index contributed by atoms with van der Waals surface area (Å²) in [6, 6.07) is 20.4. The van der Waals surface area contributed by atoms with E-state index in [9.17, 15) is 12.8 Å². The molecular formula is C20H17FN2O3S. The first-order valence-corrected chi connectivity index (χ1v) is 9.49. The summed E-state index contributed by atoms with van der Waals surface area (Å²) in [7, 11) is -2.48. The number of amidine groups is 1. The quantitative estimate of drug-likeness (QED) is 0.532. The average molecular weight is 384 g/mol. The normalized spacial score (nSPS) is 11.9. The van der Waals surface area contributed by atoms with Crippen molar-refractivity contribution in [2.45, 2.75) is 4.90 Å². The van der Waals surface area contributed by atoms with Crippen LogP contribution in [0.15, 0.2) is 88.2 Å². The molecular weight excluding hydrogens is 367 g/mol. The van der Waals surface area contributed by atoms with E-state index in [2.05, 4.69) is 9.71 Å². The van der Waals surface area contributed by atoms with Crippen molar-refractivity contribution in [1.29, 1.82) is 0 Å². The lowest BCUT2D eigenvalue weighted by Crippen LogP contribution is -2.18. The van der Waals surface area contributed by atoms with Gasteiger partial charge in [-0.3, -0.25) is 0 Å². The van der Waals surface area contributed by atoms with Crippen LogP contribution in [-0.4, -0.2) is 21.4 Å². The molecule has 0 atom stereocenters. The zero-order valence-electron chi connectivity index (χ0n) is 14.5. The Bertz CT molecular complexity index is 1050. The number of halogens is 1. The molecule has 138 valence electrons. The predicted molar refractivity (Wildman–Crippen MR) is 103 cm³/mol. The van der Waals surface area contributed by atoms with Gasteiger partial charge in [0.25, 0.3) is 10.0 Å². The number of benzene rings is 3. The van der Waals surface area contributed by atoms with E-state index in [1.54, 1.807) is 55.6 Å². The summed E-state index contributed by atoms with van der Waals surface area (Å²) in [5.41, 5.74) is 0.592. The van der Waals surface area contributed by atoms with Crippen LogP contribution in [0, 0.1) is 5.82 Å². The average Bonchev–Trinajstić information content (AvgIpc) is 2.69. The first kappa shape index (κ1) is 18.6. The summed E-state index contributed by atoms with van der Waals surface area (Å²) >= 11 is 0. The number of nitrogens with zero attached hydrogens (tertiary/aromatic N) is 1. The molecule has 0 bridgehead atoms. The molecule has 27 heavy (non-hydrogen) atoms. The van der Waals surface area contributed by atoms with Crippen LogP contribution in [0.1, 0.15) is 5.56 Å². The fraction of sp³-hybridized carbons (Fsp3) is 0.0500. The second-order valence-corrected chi connectivity index (χ2v) is 7.17. The van der Waals surface area contributed by atoms with Gasteiger partial charge in [0, 0.05) is 5.69 Å². The molecule has 7 heteroatoms. The molecule has 0 saturated heterocycles. The van der Waals surface area contributed by atoms with Crippen LogP contribution < -0.4 is 10.1 Å². The van der Waals surface area contributed by atoms with Crippen molar-refractivity contribution in [3.63, 3.8) is 0 Å². The van der Waals surface area contributed by atoms with Gasteiger partial charge >= 0.3 is 0 Å². The second kappa shape index (κ2) is 8.01. The Balaban J connectivity index is 2.06. The molecule has 0 heterocycles. The Morgan fingerprint density at radius 1 is 0.926 bits per heavy atom. The number of ether oxygens (including phenoxy) is 1. The predicted octanol–water partition coefficient (Wildman–Crippen LogP) is 4.08. The summed E-state index contributed by atoms with van der Waals surface area (Å²) in [5, 5.41) is 2.89. The third-order valence-electron chi connectivity index (χ3n) is 3.73. The van der Waals surface area contributed by atoms with Gasteiger partial charge in [-0.1, -0.05) is 30.3 Å². The van der Waals surface area contributed by atoms with E-state index in [1.165, 1.54) is 30.3 Å². The van der Waals surface area contributed by atoms with E-state index in [1.807, 2.05) is 0 Å². The fourth-order valence-corrected chi connectivity index (χ4v) is 3.36. The molecule has 3 aromatic carbocycles. The van der Waals surface area contributed by atoms with Crippen LogP contribution in [0.25, 0.3) is 0 Å². The highest BCUT2D eigenvalue weighted by Crippen LogP contribution is 2.19. The van der Waals surface area contributed by atoms with Crippen LogP contribution in [0.5, 0.6) is 5.75 Å². The van der Waals surface area contributed by atoms with Crippen molar-refractivity contribution in [2.24, 2.45) is 4.40 Å². The zero-order chi connectivity index (χ0) is 19.3. The van der Waals surface area contributed by atoms with Gasteiger partial charge in [0.2, 0.25) is 0 Å². The van der Waals surface area contributed by atoms with Crippen molar-refractivity contribution in [3.8, 4) is 5.75 Å². The Hall–Kier alpha value is -3.19. The molecule has 0 aliphatic heterocycles.